The van der Waals surface area contributed by atoms with Crippen LogP contribution in [0, 0.1) is 0 Å². The number of rotatable bonds is 7. The summed E-state index contributed by atoms with van der Waals surface area (Å²) in [6.45, 7) is 2.14. The molecule has 1 amide bonds. The molecule has 0 saturated carbocycles. The highest BCUT2D eigenvalue weighted by atomic mass is 79.9. The van der Waals surface area contributed by atoms with Crippen LogP contribution in [0.25, 0.3) is 6.08 Å². The molecule has 0 unspecified atom stereocenters. The van der Waals surface area contributed by atoms with E-state index in [1.807, 2.05) is 6.92 Å². The van der Waals surface area contributed by atoms with Gasteiger partial charge in [0.15, 0.2) is 16.7 Å². The molecular weight excluding hydrogens is 513 g/mol. The highest BCUT2D eigenvalue weighted by Gasteiger charge is 2.31. The number of alkyl halides is 3. The Balaban J connectivity index is 1.87. The lowest BCUT2D eigenvalue weighted by atomic mass is 10.2. The number of ether oxygens (including phenoxy) is 2. The summed E-state index contributed by atoms with van der Waals surface area (Å²) in [5.41, 5.74) is -0.114. The maximum absolute atomic E-state index is 12.9. The zero-order chi connectivity index (χ0) is 23.3. The fourth-order valence-corrected chi connectivity index (χ4v) is 3.96. The first-order valence-corrected chi connectivity index (χ1v) is 11.0. The molecule has 1 heterocycles. The van der Waals surface area contributed by atoms with Crippen LogP contribution in [0.3, 0.4) is 0 Å². The van der Waals surface area contributed by atoms with Crippen LogP contribution in [0.5, 0.6) is 11.5 Å². The van der Waals surface area contributed by atoms with Gasteiger partial charge in [0.1, 0.15) is 6.61 Å². The van der Waals surface area contributed by atoms with Gasteiger partial charge >= 0.3 is 6.18 Å². The fourth-order valence-electron chi connectivity index (χ4n) is 2.69. The third-order valence-corrected chi connectivity index (χ3v) is 5.65. The second kappa shape index (κ2) is 10.4. The molecule has 1 saturated heterocycles. The van der Waals surface area contributed by atoms with Crippen LogP contribution in [-0.4, -0.2) is 36.0 Å². The van der Waals surface area contributed by atoms with Gasteiger partial charge < -0.3 is 19.9 Å². The van der Waals surface area contributed by atoms with Crippen LogP contribution < -0.4 is 14.8 Å². The van der Waals surface area contributed by atoms with Crippen molar-refractivity contribution in [2.24, 2.45) is 4.99 Å². The molecule has 3 rings (SSSR count). The summed E-state index contributed by atoms with van der Waals surface area (Å²) < 4.78 is 50.4. The van der Waals surface area contributed by atoms with Crippen LogP contribution in [0.15, 0.2) is 50.8 Å². The number of halogens is 4. The van der Waals surface area contributed by atoms with Crippen LogP contribution in [-0.2, 0) is 11.0 Å². The number of benzene rings is 2. The molecule has 11 heteroatoms. The van der Waals surface area contributed by atoms with Crippen LogP contribution in [0.2, 0.25) is 0 Å². The lowest BCUT2D eigenvalue weighted by molar-refractivity contribution is -0.137. The van der Waals surface area contributed by atoms with Gasteiger partial charge in [0.25, 0.3) is 5.91 Å². The van der Waals surface area contributed by atoms with E-state index in [-0.39, 0.29) is 24.1 Å². The van der Waals surface area contributed by atoms with E-state index < -0.39 is 17.6 Å². The smallest absolute Gasteiger partial charge is 0.416 e. The fraction of sp³-hybridized carbons (Fsp3) is 0.238. The van der Waals surface area contributed by atoms with E-state index in [1.165, 1.54) is 12.1 Å². The number of hydrogen-bond donors (Lipinski definition) is 2. The van der Waals surface area contributed by atoms with Crippen molar-refractivity contribution in [3.8, 4) is 11.5 Å². The SMILES string of the molecule is CCOc1cc(/C=C2\SC(=Nc3cccc(C(F)(F)F)c3)NC2=O)c(Br)cc1OCCO. The molecule has 0 radical (unpaired) electrons. The van der Waals surface area contributed by atoms with Crippen molar-refractivity contribution in [3.05, 3.63) is 56.9 Å². The van der Waals surface area contributed by atoms with E-state index in [0.29, 0.717) is 33.0 Å². The second-order valence-electron chi connectivity index (χ2n) is 6.36. The van der Waals surface area contributed by atoms with Gasteiger partial charge in [0.2, 0.25) is 0 Å². The molecule has 2 N–H and O–H groups in total. The molecule has 170 valence electrons. The second-order valence-corrected chi connectivity index (χ2v) is 8.24. The molecule has 2 aromatic carbocycles. The Morgan fingerprint density at radius 3 is 2.66 bits per heavy atom. The first-order chi connectivity index (χ1) is 15.2. The number of aliphatic imine (C=N–C) groups is 1. The normalized spacial score (nSPS) is 16.5. The molecule has 0 aromatic heterocycles. The van der Waals surface area contributed by atoms with E-state index in [0.717, 1.165) is 23.9 Å². The third-order valence-electron chi connectivity index (χ3n) is 4.05. The zero-order valence-corrected chi connectivity index (χ0v) is 19.1. The Morgan fingerprint density at radius 1 is 1.22 bits per heavy atom. The van der Waals surface area contributed by atoms with Crippen molar-refractivity contribution in [2.45, 2.75) is 13.1 Å². The van der Waals surface area contributed by atoms with Crippen molar-refractivity contribution in [3.63, 3.8) is 0 Å². The zero-order valence-electron chi connectivity index (χ0n) is 16.7. The van der Waals surface area contributed by atoms with E-state index >= 15 is 0 Å². The highest BCUT2D eigenvalue weighted by molar-refractivity contribution is 9.10. The van der Waals surface area contributed by atoms with Gasteiger partial charge in [-0.25, -0.2) is 4.99 Å². The highest BCUT2D eigenvalue weighted by Crippen LogP contribution is 2.37. The van der Waals surface area contributed by atoms with E-state index in [1.54, 1.807) is 18.2 Å². The number of amidine groups is 1. The van der Waals surface area contributed by atoms with Gasteiger partial charge in [-0.3, -0.25) is 4.79 Å². The van der Waals surface area contributed by atoms with Crippen molar-refractivity contribution in [2.75, 3.05) is 19.8 Å². The molecule has 1 fully saturated rings. The quantitative estimate of drug-likeness (QED) is 0.485. The maximum atomic E-state index is 12.9. The standard InChI is InChI=1S/C21H18BrF3N2O4S/c1-2-30-16-8-12(15(22)11-17(16)31-7-6-28)9-18-19(29)27-20(32-18)26-14-5-3-4-13(10-14)21(23,24)25/h3-5,8-11,28H,2,6-7H2,1H3,(H,26,27,29)/b18-9-. The largest absolute Gasteiger partial charge is 0.490 e. The van der Waals surface area contributed by atoms with E-state index in [2.05, 4.69) is 26.2 Å². The van der Waals surface area contributed by atoms with E-state index in [4.69, 9.17) is 14.6 Å². The molecule has 6 nitrogen and oxygen atoms in total. The summed E-state index contributed by atoms with van der Waals surface area (Å²) in [5, 5.41) is 11.7. The number of amides is 1. The van der Waals surface area contributed by atoms with Crippen molar-refractivity contribution in [1.29, 1.82) is 0 Å². The van der Waals surface area contributed by atoms with Crippen molar-refractivity contribution in [1.82, 2.24) is 5.32 Å². The maximum Gasteiger partial charge on any atom is 0.416 e. The van der Waals surface area contributed by atoms with Crippen molar-refractivity contribution >= 4 is 50.5 Å². The predicted octanol–water partition coefficient (Wildman–Crippen LogP) is 5.13. The van der Waals surface area contributed by atoms with Gasteiger partial charge in [-0.05, 0) is 60.7 Å². The average molecular weight is 531 g/mol. The molecule has 1 aliphatic rings. The van der Waals surface area contributed by atoms with E-state index in [9.17, 15) is 18.0 Å². The Morgan fingerprint density at radius 2 is 1.97 bits per heavy atom. The summed E-state index contributed by atoms with van der Waals surface area (Å²) >= 11 is 4.44. The lowest BCUT2D eigenvalue weighted by Gasteiger charge is -2.13. The van der Waals surface area contributed by atoms with Crippen LogP contribution >= 0.6 is 27.7 Å². The molecule has 0 spiro atoms. The summed E-state index contributed by atoms with van der Waals surface area (Å²) in [6.07, 6.45) is -2.87. The summed E-state index contributed by atoms with van der Waals surface area (Å²) in [5.74, 6) is 0.453. The Hall–Kier alpha value is -2.50. The minimum absolute atomic E-state index is 0.0778. The summed E-state index contributed by atoms with van der Waals surface area (Å²) in [7, 11) is 0. The minimum atomic E-state index is -4.48. The van der Waals surface area contributed by atoms with Crippen LogP contribution in [0.1, 0.15) is 18.1 Å². The van der Waals surface area contributed by atoms with Crippen LogP contribution in [0.4, 0.5) is 18.9 Å². The molecule has 0 bridgehead atoms. The molecule has 1 aliphatic heterocycles. The Bertz CT molecular complexity index is 1070. The number of aliphatic hydroxyl groups is 1. The predicted molar refractivity (Wildman–Crippen MR) is 120 cm³/mol. The first kappa shape index (κ1) is 24.1. The van der Waals surface area contributed by atoms with Gasteiger partial charge in [-0.2, -0.15) is 13.2 Å². The molecule has 0 atom stereocenters. The molecule has 0 aliphatic carbocycles. The third kappa shape index (κ3) is 6.05. The molecule has 32 heavy (non-hydrogen) atoms. The number of aliphatic hydroxyl groups excluding tert-OH is 1. The Kier molecular flexibility index (Phi) is 7.86. The summed E-state index contributed by atoms with van der Waals surface area (Å²) in [6, 6.07) is 7.90. The number of thioether (sulfide) groups is 1. The average Bonchev–Trinajstić information content (AvgIpc) is 3.07. The number of carbonyl (C=O) groups is 1. The number of carbonyl (C=O) groups excluding carboxylic acids is 1. The minimum Gasteiger partial charge on any atom is -0.490 e. The van der Waals surface area contributed by atoms with Gasteiger partial charge in [-0.15, -0.1) is 0 Å². The Labute approximate surface area is 194 Å². The monoisotopic (exact) mass is 530 g/mol. The molecule has 2 aromatic rings. The van der Waals surface area contributed by atoms with Gasteiger partial charge in [0, 0.05) is 4.47 Å². The number of nitrogens with zero attached hydrogens (tertiary/aromatic N) is 1. The van der Waals surface area contributed by atoms with Gasteiger partial charge in [-0.1, -0.05) is 22.0 Å². The number of nitrogens with one attached hydrogen (secondary N) is 1. The summed E-state index contributed by atoms with van der Waals surface area (Å²) in [4.78, 5) is 16.8. The first-order valence-electron chi connectivity index (χ1n) is 9.38. The lowest BCUT2D eigenvalue weighted by Crippen LogP contribution is -2.19. The molecular formula is C21H18BrF3N2O4S. The van der Waals surface area contributed by atoms with Crippen molar-refractivity contribution < 1.29 is 32.5 Å². The topological polar surface area (TPSA) is 80.2 Å². The van der Waals surface area contributed by atoms with Gasteiger partial charge in [0.05, 0.1) is 29.4 Å². The number of hydrogen-bond acceptors (Lipinski definition) is 6.